The maximum absolute atomic E-state index is 12.9. The van der Waals surface area contributed by atoms with Crippen LogP contribution < -0.4 is 0 Å². The van der Waals surface area contributed by atoms with Crippen molar-refractivity contribution < 1.29 is 9.18 Å². The standard InChI is InChI=1S/C17H13Cl2FN2OS/c18-12-3-6-14(15(19)9-12)16(23)22-8-7-21-17(22)24-10-11-1-4-13(20)5-2-11/h1-6,9H,7-8,10H2. The van der Waals surface area contributed by atoms with E-state index in [0.717, 1.165) is 5.56 Å². The Balaban J connectivity index is 1.70. The second-order valence-electron chi connectivity index (χ2n) is 5.16. The minimum Gasteiger partial charge on any atom is -0.286 e. The zero-order valence-corrected chi connectivity index (χ0v) is 14.8. The highest BCUT2D eigenvalue weighted by Gasteiger charge is 2.26. The van der Waals surface area contributed by atoms with Gasteiger partial charge in [0.25, 0.3) is 5.91 Å². The van der Waals surface area contributed by atoms with Gasteiger partial charge in [-0.3, -0.25) is 14.7 Å². The third-order valence-electron chi connectivity index (χ3n) is 3.49. The van der Waals surface area contributed by atoms with Crippen LogP contribution in [0.15, 0.2) is 47.5 Å². The van der Waals surface area contributed by atoms with Crippen molar-refractivity contribution in [1.29, 1.82) is 0 Å². The Hall–Kier alpha value is -1.56. The predicted octanol–water partition coefficient (Wildman–Crippen LogP) is 4.88. The molecule has 0 aliphatic carbocycles. The molecule has 0 N–H and O–H groups in total. The van der Waals surface area contributed by atoms with Crippen LogP contribution in [0.5, 0.6) is 0 Å². The van der Waals surface area contributed by atoms with Crippen LogP contribution in [0.2, 0.25) is 10.0 Å². The molecule has 1 aliphatic heterocycles. The summed E-state index contributed by atoms with van der Waals surface area (Å²) in [4.78, 5) is 18.7. The number of carbonyl (C=O) groups is 1. The fourth-order valence-corrected chi connectivity index (χ4v) is 3.77. The van der Waals surface area contributed by atoms with Crippen LogP contribution in [0.4, 0.5) is 4.39 Å². The molecular weight excluding hydrogens is 370 g/mol. The number of benzene rings is 2. The number of rotatable bonds is 3. The van der Waals surface area contributed by atoms with Gasteiger partial charge in [0, 0.05) is 17.3 Å². The monoisotopic (exact) mass is 382 g/mol. The first-order chi connectivity index (χ1) is 11.5. The lowest BCUT2D eigenvalue weighted by atomic mass is 10.2. The van der Waals surface area contributed by atoms with Gasteiger partial charge in [-0.1, -0.05) is 47.1 Å². The molecule has 1 heterocycles. The first-order valence-electron chi connectivity index (χ1n) is 7.23. The van der Waals surface area contributed by atoms with E-state index in [1.54, 1.807) is 35.2 Å². The molecule has 3 rings (SSSR count). The van der Waals surface area contributed by atoms with E-state index in [9.17, 15) is 9.18 Å². The van der Waals surface area contributed by atoms with Gasteiger partial charge in [0.2, 0.25) is 0 Å². The van der Waals surface area contributed by atoms with Crippen molar-refractivity contribution in [2.24, 2.45) is 4.99 Å². The zero-order chi connectivity index (χ0) is 17.1. The quantitative estimate of drug-likeness (QED) is 0.757. The van der Waals surface area contributed by atoms with Gasteiger partial charge in [0.1, 0.15) is 5.82 Å². The average molecular weight is 383 g/mol. The molecule has 0 bridgehead atoms. The summed E-state index contributed by atoms with van der Waals surface area (Å²) in [6.45, 7) is 1.08. The number of amides is 1. The molecule has 0 atom stereocenters. The van der Waals surface area contributed by atoms with Crippen LogP contribution in [0.25, 0.3) is 0 Å². The molecule has 0 unspecified atom stereocenters. The molecule has 0 aromatic heterocycles. The molecule has 7 heteroatoms. The first-order valence-corrected chi connectivity index (χ1v) is 8.97. The minimum absolute atomic E-state index is 0.195. The summed E-state index contributed by atoms with van der Waals surface area (Å²) in [6, 6.07) is 11.1. The maximum Gasteiger partial charge on any atom is 0.261 e. The lowest BCUT2D eigenvalue weighted by Gasteiger charge is -2.18. The van der Waals surface area contributed by atoms with Gasteiger partial charge in [0.15, 0.2) is 5.17 Å². The van der Waals surface area contributed by atoms with Crippen molar-refractivity contribution in [3.63, 3.8) is 0 Å². The predicted molar refractivity (Wildman–Crippen MR) is 97.5 cm³/mol. The van der Waals surface area contributed by atoms with Gasteiger partial charge in [-0.2, -0.15) is 0 Å². The molecule has 1 aliphatic rings. The highest BCUT2D eigenvalue weighted by atomic mass is 35.5. The van der Waals surface area contributed by atoms with Crippen molar-refractivity contribution in [1.82, 2.24) is 4.90 Å². The lowest BCUT2D eigenvalue weighted by molar-refractivity contribution is 0.0861. The Morgan fingerprint density at radius 3 is 2.67 bits per heavy atom. The summed E-state index contributed by atoms with van der Waals surface area (Å²) >= 11 is 13.4. The first kappa shape index (κ1) is 17.3. The van der Waals surface area contributed by atoms with E-state index >= 15 is 0 Å². The zero-order valence-electron chi connectivity index (χ0n) is 12.5. The lowest BCUT2D eigenvalue weighted by Crippen LogP contribution is -2.33. The number of aliphatic imine (C=N–C) groups is 1. The molecule has 0 saturated carbocycles. The van der Waals surface area contributed by atoms with Crippen LogP contribution >= 0.6 is 35.0 Å². The maximum atomic E-state index is 12.9. The van der Waals surface area contributed by atoms with Crippen LogP contribution in [-0.2, 0) is 5.75 Å². The molecule has 0 fully saturated rings. The molecule has 2 aromatic carbocycles. The van der Waals surface area contributed by atoms with Crippen molar-refractivity contribution in [2.75, 3.05) is 13.1 Å². The van der Waals surface area contributed by atoms with E-state index in [1.807, 2.05) is 0 Å². The van der Waals surface area contributed by atoms with Crippen molar-refractivity contribution in [2.45, 2.75) is 5.75 Å². The molecule has 1 amide bonds. The Bertz CT molecular complexity index is 796. The normalized spacial score (nSPS) is 14.0. The summed E-state index contributed by atoms with van der Waals surface area (Å²) in [5.41, 5.74) is 1.37. The smallest absolute Gasteiger partial charge is 0.261 e. The third-order valence-corrected chi connectivity index (χ3v) is 5.12. The molecule has 2 aromatic rings. The van der Waals surface area contributed by atoms with Gasteiger partial charge in [-0.25, -0.2) is 4.39 Å². The molecule has 3 nitrogen and oxygen atoms in total. The fourth-order valence-electron chi connectivity index (χ4n) is 2.28. The number of hydrogen-bond acceptors (Lipinski definition) is 3. The van der Waals surface area contributed by atoms with Crippen molar-refractivity contribution in [3.05, 3.63) is 69.5 Å². The number of thioether (sulfide) groups is 1. The average Bonchev–Trinajstić information content (AvgIpc) is 3.02. The van der Waals surface area contributed by atoms with E-state index in [0.29, 0.717) is 39.6 Å². The Kier molecular flexibility index (Phi) is 5.43. The molecule has 124 valence electrons. The van der Waals surface area contributed by atoms with E-state index in [-0.39, 0.29) is 11.7 Å². The minimum atomic E-state index is -0.267. The van der Waals surface area contributed by atoms with Crippen molar-refractivity contribution in [3.8, 4) is 0 Å². The number of hydrogen-bond donors (Lipinski definition) is 0. The summed E-state index contributed by atoms with van der Waals surface area (Å²) in [6.07, 6.45) is 0. The number of nitrogens with zero attached hydrogens (tertiary/aromatic N) is 2. The Morgan fingerprint density at radius 1 is 1.21 bits per heavy atom. The second-order valence-corrected chi connectivity index (χ2v) is 6.95. The summed E-state index contributed by atoms with van der Waals surface area (Å²) in [5.74, 6) is 0.146. The molecular formula is C17H13Cl2FN2OS. The number of halogens is 3. The highest BCUT2D eigenvalue weighted by Crippen LogP contribution is 2.26. The number of carbonyl (C=O) groups excluding carboxylic acids is 1. The number of amidine groups is 1. The largest absolute Gasteiger partial charge is 0.286 e. The second kappa shape index (κ2) is 7.55. The van der Waals surface area contributed by atoms with Crippen molar-refractivity contribution >= 4 is 46.0 Å². The van der Waals surface area contributed by atoms with Crippen LogP contribution in [0.1, 0.15) is 15.9 Å². The van der Waals surface area contributed by atoms with Gasteiger partial charge in [0.05, 0.1) is 17.1 Å². The van der Waals surface area contributed by atoms with Gasteiger partial charge in [-0.05, 0) is 35.9 Å². The van der Waals surface area contributed by atoms with E-state index in [2.05, 4.69) is 4.99 Å². The third kappa shape index (κ3) is 3.91. The molecule has 0 radical (unpaired) electrons. The summed E-state index contributed by atoms with van der Waals surface area (Å²) < 4.78 is 12.9. The molecule has 24 heavy (non-hydrogen) atoms. The van der Waals surface area contributed by atoms with E-state index < -0.39 is 0 Å². The van der Waals surface area contributed by atoms with Crippen LogP contribution in [0, 0.1) is 5.82 Å². The Morgan fingerprint density at radius 2 is 1.96 bits per heavy atom. The topological polar surface area (TPSA) is 32.7 Å². The van der Waals surface area contributed by atoms with Gasteiger partial charge < -0.3 is 0 Å². The van der Waals surface area contributed by atoms with Crippen LogP contribution in [0.3, 0.4) is 0 Å². The molecule has 0 saturated heterocycles. The van der Waals surface area contributed by atoms with Gasteiger partial charge in [-0.15, -0.1) is 0 Å². The SMILES string of the molecule is O=C(c1ccc(Cl)cc1Cl)N1CCN=C1SCc1ccc(F)cc1. The highest BCUT2D eigenvalue weighted by molar-refractivity contribution is 8.13. The molecule has 0 spiro atoms. The Labute approximate surface area is 153 Å². The summed E-state index contributed by atoms with van der Waals surface area (Å²) in [5, 5.41) is 1.45. The van der Waals surface area contributed by atoms with E-state index in [4.69, 9.17) is 23.2 Å². The summed E-state index contributed by atoms with van der Waals surface area (Å²) in [7, 11) is 0. The van der Waals surface area contributed by atoms with Crippen LogP contribution in [-0.4, -0.2) is 29.1 Å². The van der Waals surface area contributed by atoms with Gasteiger partial charge >= 0.3 is 0 Å². The van der Waals surface area contributed by atoms with E-state index in [1.165, 1.54) is 23.9 Å². The fraction of sp³-hybridized carbons (Fsp3) is 0.176.